The summed E-state index contributed by atoms with van der Waals surface area (Å²) in [5, 5.41) is 3.74. The maximum absolute atomic E-state index is 3.74. The molecule has 0 amide bonds. The zero-order chi connectivity index (χ0) is 10.7. The molecule has 2 unspecified atom stereocenters. The van der Waals surface area contributed by atoms with Crippen molar-refractivity contribution >= 4 is 0 Å². The van der Waals surface area contributed by atoms with Gasteiger partial charge in [0.1, 0.15) is 0 Å². The highest BCUT2D eigenvalue weighted by atomic mass is 15.1. The largest absolute Gasteiger partial charge is 0.314 e. The van der Waals surface area contributed by atoms with Crippen molar-refractivity contribution in [3.63, 3.8) is 0 Å². The van der Waals surface area contributed by atoms with Gasteiger partial charge in [-0.25, -0.2) is 0 Å². The molecule has 2 atom stereocenters. The van der Waals surface area contributed by atoms with E-state index < -0.39 is 0 Å². The van der Waals surface area contributed by atoms with Crippen LogP contribution in [-0.4, -0.2) is 37.1 Å². The number of nitrogens with zero attached hydrogens (tertiary/aromatic N) is 1. The molecule has 2 nitrogen and oxygen atoms in total. The summed E-state index contributed by atoms with van der Waals surface area (Å²) in [6.07, 6.45) is 8.56. The van der Waals surface area contributed by atoms with Crippen LogP contribution in [0.2, 0.25) is 0 Å². The zero-order valence-corrected chi connectivity index (χ0v) is 10.3. The smallest absolute Gasteiger partial charge is 0.00940 e. The lowest BCUT2D eigenvalue weighted by molar-refractivity contribution is 0.166. The van der Waals surface area contributed by atoms with Crippen LogP contribution >= 0.6 is 0 Å². The normalized spacial score (nSPS) is 34.0. The second-order valence-electron chi connectivity index (χ2n) is 5.59. The minimum absolute atomic E-state index is 0.764. The number of nitrogens with one attached hydrogen (secondary N) is 1. The van der Waals surface area contributed by atoms with Gasteiger partial charge in [-0.1, -0.05) is 19.3 Å². The van der Waals surface area contributed by atoms with Crippen LogP contribution in [0.25, 0.3) is 0 Å². The van der Waals surface area contributed by atoms with Crippen LogP contribution < -0.4 is 5.32 Å². The van der Waals surface area contributed by atoms with Gasteiger partial charge in [0.2, 0.25) is 0 Å². The average Bonchev–Trinajstić information content (AvgIpc) is 2.15. The number of piperidine rings is 1. The Morgan fingerprint density at radius 3 is 2.67 bits per heavy atom. The third-order valence-electron chi connectivity index (χ3n) is 4.42. The third-order valence-corrected chi connectivity index (χ3v) is 4.42. The topological polar surface area (TPSA) is 15.3 Å². The lowest BCUT2D eigenvalue weighted by Crippen LogP contribution is -2.46. The van der Waals surface area contributed by atoms with Crippen molar-refractivity contribution in [2.75, 3.05) is 20.1 Å². The molecule has 0 aromatic carbocycles. The van der Waals surface area contributed by atoms with Crippen molar-refractivity contribution < 1.29 is 0 Å². The quantitative estimate of drug-likeness (QED) is 0.765. The molecule has 1 saturated carbocycles. The van der Waals surface area contributed by atoms with Crippen LogP contribution in [0.5, 0.6) is 0 Å². The highest BCUT2D eigenvalue weighted by molar-refractivity contribution is 4.81. The Kier molecular flexibility index (Phi) is 4.04. The molecular weight excluding hydrogens is 184 g/mol. The molecule has 2 heteroatoms. The fourth-order valence-electron chi connectivity index (χ4n) is 2.75. The summed E-state index contributed by atoms with van der Waals surface area (Å²) < 4.78 is 0. The van der Waals surface area contributed by atoms with Gasteiger partial charge in [0.05, 0.1) is 0 Å². The maximum atomic E-state index is 3.74. The van der Waals surface area contributed by atoms with Crippen LogP contribution in [0.3, 0.4) is 0 Å². The molecule has 0 aromatic heterocycles. The predicted molar refractivity (Wildman–Crippen MR) is 65.1 cm³/mol. The van der Waals surface area contributed by atoms with Gasteiger partial charge in [-0.3, -0.25) is 0 Å². The van der Waals surface area contributed by atoms with Crippen molar-refractivity contribution in [1.82, 2.24) is 10.2 Å². The Hall–Kier alpha value is -0.0800. The lowest BCUT2D eigenvalue weighted by atomic mass is 9.83. The second kappa shape index (κ2) is 5.31. The molecule has 15 heavy (non-hydrogen) atoms. The molecule has 1 heterocycles. The standard InChI is InChI=1S/C13H26N2/c1-11-10-13(7-9-15(11)2)14-8-6-12-4-3-5-12/h11-14H,3-10H2,1-2H3. The molecule has 1 N–H and O–H groups in total. The van der Waals surface area contributed by atoms with Crippen molar-refractivity contribution in [2.45, 2.75) is 57.5 Å². The summed E-state index contributed by atoms with van der Waals surface area (Å²) in [5.74, 6) is 1.06. The van der Waals surface area contributed by atoms with Gasteiger partial charge in [-0.15, -0.1) is 0 Å². The molecule has 0 aromatic rings. The van der Waals surface area contributed by atoms with E-state index in [-0.39, 0.29) is 0 Å². The molecule has 1 saturated heterocycles. The van der Waals surface area contributed by atoms with Gasteiger partial charge in [0.25, 0.3) is 0 Å². The Labute approximate surface area is 94.4 Å². The first-order valence-electron chi connectivity index (χ1n) is 6.69. The highest BCUT2D eigenvalue weighted by Gasteiger charge is 2.23. The van der Waals surface area contributed by atoms with E-state index in [0.29, 0.717) is 0 Å². The fourth-order valence-corrected chi connectivity index (χ4v) is 2.75. The Morgan fingerprint density at radius 2 is 2.07 bits per heavy atom. The van der Waals surface area contributed by atoms with Crippen molar-refractivity contribution in [3.05, 3.63) is 0 Å². The molecule has 88 valence electrons. The predicted octanol–water partition coefficient (Wildman–Crippen LogP) is 2.25. The van der Waals surface area contributed by atoms with Crippen LogP contribution in [-0.2, 0) is 0 Å². The molecule has 1 aliphatic heterocycles. The van der Waals surface area contributed by atoms with E-state index >= 15 is 0 Å². The summed E-state index contributed by atoms with van der Waals surface area (Å²) >= 11 is 0. The monoisotopic (exact) mass is 210 g/mol. The van der Waals surface area contributed by atoms with Crippen LogP contribution in [0.15, 0.2) is 0 Å². The molecular formula is C13H26N2. The van der Waals surface area contributed by atoms with Gasteiger partial charge < -0.3 is 10.2 Å². The van der Waals surface area contributed by atoms with E-state index in [4.69, 9.17) is 0 Å². The van der Waals surface area contributed by atoms with Gasteiger partial charge in [-0.2, -0.15) is 0 Å². The lowest BCUT2D eigenvalue weighted by Gasteiger charge is -2.36. The van der Waals surface area contributed by atoms with E-state index in [0.717, 1.165) is 18.0 Å². The summed E-state index contributed by atoms with van der Waals surface area (Å²) in [6.45, 7) is 4.87. The summed E-state index contributed by atoms with van der Waals surface area (Å²) in [4.78, 5) is 2.48. The first kappa shape index (κ1) is 11.4. The first-order chi connectivity index (χ1) is 7.25. The molecule has 1 aliphatic carbocycles. The zero-order valence-electron chi connectivity index (χ0n) is 10.3. The minimum atomic E-state index is 0.764. The molecule has 2 aliphatic rings. The van der Waals surface area contributed by atoms with E-state index in [9.17, 15) is 0 Å². The van der Waals surface area contributed by atoms with Crippen LogP contribution in [0.4, 0.5) is 0 Å². The average molecular weight is 210 g/mol. The van der Waals surface area contributed by atoms with Crippen molar-refractivity contribution in [2.24, 2.45) is 5.92 Å². The van der Waals surface area contributed by atoms with Gasteiger partial charge in [0, 0.05) is 12.1 Å². The third kappa shape index (κ3) is 3.18. The fraction of sp³-hybridized carbons (Fsp3) is 1.00. The maximum Gasteiger partial charge on any atom is 0.00940 e. The Bertz CT molecular complexity index is 189. The molecule has 0 radical (unpaired) electrons. The molecule has 2 rings (SSSR count). The van der Waals surface area contributed by atoms with Gasteiger partial charge in [-0.05, 0) is 52.2 Å². The van der Waals surface area contributed by atoms with Crippen LogP contribution in [0, 0.1) is 5.92 Å². The van der Waals surface area contributed by atoms with Crippen LogP contribution in [0.1, 0.15) is 45.4 Å². The Balaban J connectivity index is 1.58. The van der Waals surface area contributed by atoms with E-state index in [1.807, 2.05) is 0 Å². The molecule has 2 fully saturated rings. The van der Waals surface area contributed by atoms with Gasteiger partial charge >= 0.3 is 0 Å². The van der Waals surface area contributed by atoms with Gasteiger partial charge in [0.15, 0.2) is 0 Å². The van der Waals surface area contributed by atoms with E-state index in [2.05, 4.69) is 24.2 Å². The number of hydrogen-bond acceptors (Lipinski definition) is 2. The Morgan fingerprint density at radius 1 is 1.27 bits per heavy atom. The number of likely N-dealkylation sites (tertiary alicyclic amines) is 1. The van der Waals surface area contributed by atoms with Crippen molar-refractivity contribution in [3.8, 4) is 0 Å². The summed E-state index contributed by atoms with van der Waals surface area (Å²) in [7, 11) is 2.25. The van der Waals surface area contributed by atoms with E-state index in [1.54, 1.807) is 0 Å². The SMILES string of the molecule is CC1CC(NCCC2CCC2)CCN1C. The number of hydrogen-bond donors (Lipinski definition) is 1. The van der Waals surface area contributed by atoms with Crippen molar-refractivity contribution in [1.29, 1.82) is 0 Å². The summed E-state index contributed by atoms with van der Waals surface area (Å²) in [6, 6.07) is 1.55. The highest BCUT2D eigenvalue weighted by Crippen LogP contribution is 2.28. The van der Waals surface area contributed by atoms with E-state index in [1.165, 1.54) is 51.6 Å². The molecule has 0 bridgehead atoms. The number of rotatable bonds is 4. The summed E-state index contributed by atoms with van der Waals surface area (Å²) in [5.41, 5.74) is 0. The minimum Gasteiger partial charge on any atom is -0.314 e. The first-order valence-corrected chi connectivity index (χ1v) is 6.69. The molecule has 0 spiro atoms. The second-order valence-corrected chi connectivity index (χ2v) is 5.59.